The summed E-state index contributed by atoms with van der Waals surface area (Å²) in [5.41, 5.74) is 0.0760. The van der Waals surface area contributed by atoms with Crippen molar-refractivity contribution in [2.75, 3.05) is 19.6 Å². The summed E-state index contributed by atoms with van der Waals surface area (Å²) in [5, 5.41) is 23.4. The van der Waals surface area contributed by atoms with Gasteiger partial charge in [-0.15, -0.1) is 0 Å². The summed E-state index contributed by atoms with van der Waals surface area (Å²) in [4.78, 5) is 14.3. The molecule has 1 aliphatic rings. The zero-order valence-electron chi connectivity index (χ0n) is 11.0. The van der Waals surface area contributed by atoms with Crippen molar-refractivity contribution in [3.8, 4) is 6.07 Å². The van der Waals surface area contributed by atoms with E-state index in [0.717, 1.165) is 12.7 Å². The molecular weight excluding hydrogens is 244 g/mol. The van der Waals surface area contributed by atoms with Gasteiger partial charge in [0.1, 0.15) is 11.6 Å². The largest absolute Gasteiger partial charge is 0.619 e. The molecule has 6 heteroatoms. The summed E-state index contributed by atoms with van der Waals surface area (Å²) in [6.45, 7) is 5.96. The molecule has 0 atom stereocenters. The van der Waals surface area contributed by atoms with Gasteiger partial charge in [0.15, 0.2) is 12.4 Å². The molecule has 1 aromatic rings. The molecule has 2 heterocycles. The van der Waals surface area contributed by atoms with Crippen molar-refractivity contribution >= 4 is 5.91 Å². The SMILES string of the molecule is CC1(C)CNCCN1C(=O)c1cc[n+]([O-])cc1C#N. The summed E-state index contributed by atoms with van der Waals surface area (Å²) in [6.07, 6.45) is 2.37. The Morgan fingerprint density at radius 1 is 1.63 bits per heavy atom. The van der Waals surface area contributed by atoms with Crippen molar-refractivity contribution in [1.29, 1.82) is 5.26 Å². The van der Waals surface area contributed by atoms with Gasteiger partial charge in [-0.1, -0.05) is 0 Å². The summed E-state index contributed by atoms with van der Waals surface area (Å²) in [6, 6.07) is 3.31. The molecule has 1 amide bonds. The first kappa shape index (κ1) is 13.3. The number of amides is 1. The molecule has 1 aliphatic heterocycles. The van der Waals surface area contributed by atoms with Gasteiger partial charge in [0, 0.05) is 25.7 Å². The third kappa shape index (κ3) is 2.51. The lowest BCUT2D eigenvalue weighted by Gasteiger charge is -2.42. The lowest BCUT2D eigenvalue weighted by Crippen LogP contribution is -2.60. The molecule has 1 N–H and O–H groups in total. The maximum Gasteiger partial charge on any atom is 0.256 e. The molecule has 1 saturated heterocycles. The van der Waals surface area contributed by atoms with Crippen molar-refractivity contribution < 1.29 is 9.52 Å². The highest BCUT2D eigenvalue weighted by Gasteiger charge is 2.34. The molecular formula is C13H16N4O2. The Hall–Kier alpha value is -2.13. The number of nitrogens with one attached hydrogen (secondary N) is 1. The van der Waals surface area contributed by atoms with E-state index in [-0.39, 0.29) is 22.6 Å². The van der Waals surface area contributed by atoms with E-state index in [4.69, 9.17) is 5.26 Å². The summed E-state index contributed by atoms with van der Waals surface area (Å²) in [7, 11) is 0. The van der Waals surface area contributed by atoms with E-state index in [0.29, 0.717) is 17.8 Å². The molecule has 2 rings (SSSR count). The smallest absolute Gasteiger partial charge is 0.256 e. The first-order chi connectivity index (χ1) is 8.95. The van der Waals surface area contributed by atoms with Gasteiger partial charge in [0.25, 0.3) is 5.91 Å². The van der Waals surface area contributed by atoms with E-state index in [2.05, 4.69) is 5.32 Å². The Kier molecular flexibility index (Phi) is 3.40. The van der Waals surface area contributed by atoms with Crippen LogP contribution < -0.4 is 10.0 Å². The fourth-order valence-corrected chi connectivity index (χ4v) is 2.26. The highest BCUT2D eigenvalue weighted by molar-refractivity contribution is 5.96. The van der Waals surface area contributed by atoms with Crippen LogP contribution in [0.15, 0.2) is 18.5 Å². The molecule has 100 valence electrons. The number of aromatic nitrogens is 1. The first-order valence-electron chi connectivity index (χ1n) is 6.11. The Labute approximate surface area is 111 Å². The number of nitrogens with zero attached hydrogens (tertiary/aromatic N) is 3. The van der Waals surface area contributed by atoms with Crippen LogP contribution in [0, 0.1) is 16.5 Å². The second-order valence-electron chi connectivity index (χ2n) is 5.19. The average molecular weight is 260 g/mol. The minimum atomic E-state index is -0.314. The topological polar surface area (TPSA) is 83.1 Å². The van der Waals surface area contributed by atoms with Crippen LogP contribution in [-0.4, -0.2) is 36.0 Å². The van der Waals surface area contributed by atoms with Crippen LogP contribution in [0.3, 0.4) is 0 Å². The molecule has 0 bridgehead atoms. The minimum absolute atomic E-state index is 0.108. The Bertz CT molecular complexity index is 548. The van der Waals surface area contributed by atoms with E-state index < -0.39 is 0 Å². The minimum Gasteiger partial charge on any atom is -0.619 e. The lowest BCUT2D eigenvalue weighted by atomic mass is 9.98. The molecule has 1 fully saturated rings. The van der Waals surface area contributed by atoms with Gasteiger partial charge in [0.2, 0.25) is 0 Å². The van der Waals surface area contributed by atoms with Crippen molar-refractivity contribution in [3.05, 3.63) is 34.8 Å². The predicted molar refractivity (Wildman–Crippen MR) is 68.1 cm³/mol. The molecule has 0 unspecified atom stereocenters. The number of nitriles is 1. The third-order valence-corrected chi connectivity index (χ3v) is 3.33. The molecule has 19 heavy (non-hydrogen) atoms. The third-order valence-electron chi connectivity index (χ3n) is 3.33. The number of carbonyl (C=O) groups excluding carboxylic acids is 1. The fourth-order valence-electron chi connectivity index (χ4n) is 2.26. The van der Waals surface area contributed by atoms with Crippen LogP contribution in [0.1, 0.15) is 29.8 Å². The van der Waals surface area contributed by atoms with Crippen LogP contribution >= 0.6 is 0 Å². The van der Waals surface area contributed by atoms with E-state index in [1.807, 2.05) is 19.9 Å². The molecule has 6 nitrogen and oxygen atoms in total. The van der Waals surface area contributed by atoms with E-state index in [1.54, 1.807) is 4.90 Å². The monoisotopic (exact) mass is 260 g/mol. The van der Waals surface area contributed by atoms with Gasteiger partial charge < -0.3 is 15.4 Å². The molecule has 0 saturated carbocycles. The molecule has 0 aromatic carbocycles. The Morgan fingerprint density at radius 3 is 3.00 bits per heavy atom. The molecule has 0 spiro atoms. The second-order valence-corrected chi connectivity index (χ2v) is 5.19. The van der Waals surface area contributed by atoms with Crippen molar-refractivity contribution in [2.45, 2.75) is 19.4 Å². The normalized spacial score (nSPS) is 17.8. The van der Waals surface area contributed by atoms with Crippen LogP contribution in [0.25, 0.3) is 0 Å². The summed E-state index contributed by atoms with van der Waals surface area (Å²) >= 11 is 0. The summed E-state index contributed by atoms with van der Waals surface area (Å²) in [5.74, 6) is -0.205. The number of hydrogen-bond acceptors (Lipinski definition) is 4. The number of rotatable bonds is 1. The van der Waals surface area contributed by atoms with Crippen LogP contribution in [-0.2, 0) is 0 Å². The number of hydrogen-bond donors (Lipinski definition) is 1. The van der Waals surface area contributed by atoms with Gasteiger partial charge in [-0.05, 0) is 13.8 Å². The van der Waals surface area contributed by atoms with Gasteiger partial charge in [0.05, 0.1) is 11.1 Å². The molecule has 0 radical (unpaired) electrons. The average Bonchev–Trinajstić information content (AvgIpc) is 2.37. The van der Waals surface area contributed by atoms with Crippen LogP contribution in [0.5, 0.6) is 0 Å². The number of piperazine rings is 1. The molecule has 1 aromatic heterocycles. The van der Waals surface area contributed by atoms with Crippen molar-refractivity contribution in [2.24, 2.45) is 0 Å². The molecule has 0 aliphatic carbocycles. The maximum absolute atomic E-state index is 12.5. The van der Waals surface area contributed by atoms with Gasteiger partial charge in [-0.25, -0.2) is 0 Å². The van der Waals surface area contributed by atoms with Crippen LogP contribution in [0.4, 0.5) is 0 Å². The van der Waals surface area contributed by atoms with Gasteiger partial charge >= 0.3 is 0 Å². The standard InChI is InChI=1S/C13H16N4O2/c1-13(2)9-15-4-6-17(13)12(18)11-3-5-16(19)8-10(11)7-14/h3,5,8,15H,4,6,9H2,1-2H3. The Balaban J connectivity index is 2.37. The predicted octanol–water partition coefficient (Wildman–Crippen LogP) is 0.0157. The fraction of sp³-hybridized carbons (Fsp3) is 0.462. The van der Waals surface area contributed by atoms with Crippen LogP contribution in [0.2, 0.25) is 0 Å². The lowest BCUT2D eigenvalue weighted by molar-refractivity contribution is -0.605. The zero-order valence-corrected chi connectivity index (χ0v) is 11.0. The highest BCUT2D eigenvalue weighted by atomic mass is 16.5. The van der Waals surface area contributed by atoms with Crippen molar-refractivity contribution in [3.63, 3.8) is 0 Å². The number of carbonyl (C=O) groups is 1. The van der Waals surface area contributed by atoms with E-state index in [1.165, 1.54) is 12.3 Å². The quantitative estimate of drug-likeness (QED) is 0.570. The first-order valence-corrected chi connectivity index (χ1v) is 6.11. The zero-order chi connectivity index (χ0) is 14.0. The maximum atomic E-state index is 12.5. The Morgan fingerprint density at radius 2 is 2.37 bits per heavy atom. The number of pyridine rings is 1. The van der Waals surface area contributed by atoms with E-state index in [9.17, 15) is 10.0 Å². The van der Waals surface area contributed by atoms with Gasteiger partial charge in [-0.3, -0.25) is 4.79 Å². The van der Waals surface area contributed by atoms with Crippen molar-refractivity contribution in [1.82, 2.24) is 10.2 Å². The summed E-state index contributed by atoms with van der Waals surface area (Å²) < 4.78 is 0.526. The highest BCUT2D eigenvalue weighted by Crippen LogP contribution is 2.20. The second kappa shape index (κ2) is 4.86. The van der Waals surface area contributed by atoms with Gasteiger partial charge in [-0.2, -0.15) is 9.99 Å². The van der Waals surface area contributed by atoms with E-state index >= 15 is 0 Å².